The highest BCUT2D eigenvalue weighted by atomic mass is 19.3. The van der Waals surface area contributed by atoms with Crippen molar-refractivity contribution in [1.29, 1.82) is 0 Å². The summed E-state index contributed by atoms with van der Waals surface area (Å²) in [5.41, 5.74) is -0.509. The van der Waals surface area contributed by atoms with Crippen LogP contribution in [0.5, 0.6) is 0 Å². The van der Waals surface area contributed by atoms with Gasteiger partial charge in [0.25, 0.3) is 12.3 Å². The minimum Gasteiger partial charge on any atom is -0.352 e. The van der Waals surface area contributed by atoms with E-state index >= 15 is 0 Å². The van der Waals surface area contributed by atoms with Gasteiger partial charge in [-0.05, 0) is 6.42 Å². The lowest BCUT2D eigenvalue weighted by molar-refractivity contribution is 0.0938. The predicted molar refractivity (Wildman–Crippen MR) is 55.4 cm³/mol. The van der Waals surface area contributed by atoms with Crippen LogP contribution in [-0.2, 0) is 7.05 Å². The summed E-state index contributed by atoms with van der Waals surface area (Å²) in [5.74, 6) is -0.489. The van der Waals surface area contributed by atoms with Crippen LogP contribution in [0.1, 0.15) is 42.2 Å². The first-order chi connectivity index (χ1) is 7.56. The third kappa shape index (κ3) is 3.01. The lowest BCUT2D eigenvalue weighted by Gasteiger charge is -2.03. The van der Waals surface area contributed by atoms with E-state index in [1.54, 1.807) is 0 Å². The molecule has 0 spiro atoms. The maximum atomic E-state index is 12.5. The van der Waals surface area contributed by atoms with Crippen molar-refractivity contribution in [3.05, 3.63) is 17.5 Å². The molecule has 1 N–H and O–H groups in total. The fourth-order valence-electron chi connectivity index (χ4n) is 1.32. The highest BCUT2D eigenvalue weighted by Gasteiger charge is 2.22. The standard InChI is InChI=1S/C10H15F2N3O/c1-3-4-5-13-10(16)7-6-15(2)14-8(7)9(11)12/h6,9H,3-5H2,1-2H3,(H,13,16). The Morgan fingerprint density at radius 2 is 2.31 bits per heavy atom. The number of halogens is 2. The Hall–Kier alpha value is -1.46. The van der Waals surface area contributed by atoms with Gasteiger partial charge in [0.15, 0.2) is 0 Å². The normalized spacial score (nSPS) is 10.8. The summed E-state index contributed by atoms with van der Waals surface area (Å²) in [5, 5.41) is 6.15. The summed E-state index contributed by atoms with van der Waals surface area (Å²) in [7, 11) is 1.51. The second-order valence-electron chi connectivity index (χ2n) is 3.51. The first-order valence-electron chi connectivity index (χ1n) is 5.16. The average molecular weight is 231 g/mol. The molecule has 0 saturated carbocycles. The molecule has 1 aromatic heterocycles. The van der Waals surface area contributed by atoms with Gasteiger partial charge in [0.1, 0.15) is 5.69 Å². The van der Waals surface area contributed by atoms with E-state index in [2.05, 4.69) is 10.4 Å². The van der Waals surface area contributed by atoms with Crippen LogP contribution < -0.4 is 5.32 Å². The van der Waals surface area contributed by atoms with Gasteiger partial charge >= 0.3 is 0 Å². The molecule has 16 heavy (non-hydrogen) atoms. The molecule has 0 saturated heterocycles. The Bertz CT molecular complexity index is 363. The molecular formula is C10H15F2N3O. The first kappa shape index (κ1) is 12.6. The van der Waals surface area contributed by atoms with Crippen LogP contribution in [0.25, 0.3) is 0 Å². The minimum absolute atomic E-state index is 0.0476. The summed E-state index contributed by atoms with van der Waals surface area (Å²) < 4.78 is 26.3. The quantitative estimate of drug-likeness (QED) is 0.786. The summed E-state index contributed by atoms with van der Waals surface area (Å²) in [6.45, 7) is 2.48. The molecule has 0 aliphatic heterocycles. The number of carbonyl (C=O) groups excluding carboxylic acids is 1. The monoisotopic (exact) mass is 231 g/mol. The number of hydrogen-bond acceptors (Lipinski definition) is 2. The molecule has 0 unspecified atom stereocenters. The second kappa shape index (κ2) is 5.58. The number of amides is 1. The molecule has 0 fully saturated rings. The number of rotatable bonds is 5. The molecule has 0 radical (unpaired) electrons. The van der Waals surface area contributed by atoms with Crippen LogP contribution in [0.4, 0.5) is 8.78 Å². The van der Waals surface area contributed by atoms with Gasteiger partial charge in [-0.25, -0.2) is 8.78 Å². The number of aromatic nitrogens is 2. The average Bonchev–Trinajstić information content (AvgIpc) is 2.61. The Kier molecular flexibility index (Phi) is 4.39. The van der Waals surface area contributed by atoms with Crippen LogP contribution in [-0.4, -0.2) is 22.2 Å². The van der Waals surface area contributed by atoms with Crippen LogP contribution in [0, 0.1) is 0 Å². The maximum Gasteiger partial charge on any atom is 0.282 e. The van der Waals surface area contributed by atoms with Gasteiger partial charge in [0.05, 0.1) is 5.56 Å². The molecule has 6 heteroatoms. The molecule has 0 aliphatic rings. The Morgan fingerprint density at radius 3 is 2.88 bits per heavy atom. The highest BCUT2D eigenvalue weighted by Crippen LogP contribution is 2.20. The Labute approximate surface area is 92.6 Å². The van der Waals surface area contributed by atoms with Crippen molar-refractivity contribution in [3.63, 3.8) is 0 Å². The molecule has 1 rings (SSSR count). The number of aryl methyl sites for hydroxylation is 1. The molecular weight excluding hydrogens is 216 g/mol. The topological polar surface area (TPSA) is 46.9 Å². The van der Waals surface area contributed by atoms with Crippen LogP contribution >= 0.6 is 0 Å². The Morgan fingerprint density at radius 1 is 1.62 bits per heavy atom. The van der Waals surface area contributed by atoms with E-state index in [1.807, 2.05) is 6.92 Å². The number of carbonyl (C=O) groups is 1. The van der Waals surface area contributed by atoms with Crippen molar-refractivity contribution < 1.29 is 13.6 Å². The molecule has 1 heterocycles. The first-order valence-corrected chi connectivity index (χ1v) is 5.16. The molecule has 0 aliphatic carbocycles. The Balaban J connectivity index is 2.74. The summed E-state index contributed by atoms with van der Waals surface area (Å²) in [4.78, 5) is 11.6. The van der Waals surface area contributed by atoms with Crippen molar-refractivity contribution in [2.75, 3.05) is 6.54 Å². The van der Waals surface area contributed by atoms with Crippen LogP contribution in [0.2, 0.25) is 0 Å². The van der Waals surface area contributed by atoms with Crippen molar-refractivity contribution >= 4 is 5.91 Å². The van der Waals surface area contributed by atoms with Gasteiger partial charge in [0, 0.05) is 19.8 Å². The van der Waals surface area contributed by atoms with Gasteiger partial charge in [-0.2, -0.15) is 5.10 Å². The molecule has 1 aromatic rings. The summed E-state index contributed by atoms with van der Waals surface area (Å²) in [6, 6.07) is 0. The molecule has 0 bridgehead atoms. The van der Waals surface area contributed by atoms with Gasteiger partial charge in [-0.15, -0.1) is 0 Å². The lowest BCUT2D eigenvalue weighted by atomic mass is 10.2. The number of unbranched alkanes of at least 4 members (excludes halogenated alkanes) is 1. The van der Waals surface area contributed by atoms with E-state index < -0.39 is 18.0 Å². The van der Waals surface area contributed by atoms with Gasteiger partial charge < -0.3 is 5.32 Å². The predicted octanol–water partition coefficient (Wildman–Crippen LogP) is 1.89. The minimum atomic E-state index is -2.73. The van der Waals surface area contributed by atoms with Gasteiger partial charge in [-0.1, -0.05) is 13.3 Å². The van der Waals surface area contributed by atoms with Crippen LogP contribution in [0.15, 0.2) is 6.20 Å². The van der Waals surface area contributed by atoms with Gasteiger partial charge in [-0.3, -0.25) is 9.48 Å². The van der Waals surface area contributed by atoms with Crippen molar-refractivity contribution in [2.24, 2.45) is 7.05 Å². The zero-order chi connectivity index (χ0) is 12.1. The molecule has 0 aromatic carbocycles. The number of nitrogens with one attached hydrogen (secondary N) is 1. The summed E-state index contributed by atoms with van der Waals surface area (Å²) in [6.07, 6.45) is 0.349. The van der Waals surface area contributed by atoms with E-state index in [0.29, 0.717) is 6.54 Å². The molecule has 4 nitrogen and oxygen atoms in total. The highest BCUT2D eigenvalue weighted by molar-refractivity contribution is 5.95. The number of alkyl halides is 2. The fraction of sp³-hybridized carbons (Fsp3) is 0.600. The SMILES string of the molecule is CCCCNC(=O)c1cn(C)nc1C(F)F. The molecule has 1 amide bonds. The van der Waals surface area contributed by atoms with E-state index in [1.165, 1.54) is 17.9 Å². The van der Waals surface area contributed by atoms with E-state index in [9.17, 15) is 13.6 Å². The molecule has 90 valence electrons. The van der Waals surface area contributed by atoms with Gasteiger partial charge in [0.2, 0.25) is 0 Å². The zero-order valence-corrected chi connectivity index (χ0v) is 9.33. The second-order valence-corrected chi connectivity index (χ2v) is 3.51. The third-order valence-electron chi connectivity index (χ3n) is 2.12. The fourth-order valence-corrected chi connectivity index (χ4v) is 1.32. The number of nitrogens with zero attached hydrogens (tertiary/aromatic N) is 2. The summed E-state index contributed by atoms with van der Waals surface area (Å²) >= 11 is 0. The molecule has 0 atom stereocenters. The third-order valence-corrected chi connectivity index (χ3v) is 2.12. The lowest BCUT2D eigenvalue weighted by Crippen LogP contribution is -2.25. The van der Waals surface area contributed by atoms with Crippen molar-refractivity contribution in [2.45, 2.75) is 26.2 Å². The zero-order valence-electron chi connectivity index (χ0n) is 9.33. The van der Waals surface area contributed by atoms with Crippen molar-refractivity contribution in [1.82, 2.24) is 15.1 Å². The number of hydrogen-bond donors (Lipinski definition) is 1. The van der Waals surface area contributed by atoms with Crippen LogP contribution in [0.3, 0.4) is 0 Å². The smallest absolute Gasteiger partial charge is 0.282 e. The largest absolute Gasteiger partial charge is 0.352 e. The van der Waals surface area contributed by atoms with E-state index in [4.69, 9.17) is 0 Å². The van der Waals surface area contributed by atoms with E-state index in [-0.39, 0.29) is 5.56 Å². The van der Waals surface area contributed by atoms with Crippen molar-refractivity contribution in [3.8, 4) is 0 Å². The van der Waals surface area contributed by atoms with E-state index in [0.717, 1.165) is 12.8 Å². The maximum absolute atomic E-state index is 12.5.